The van der Waals surface area contributed by atoms with Gasteiger partial charge in [0.1, 0.15) is 6.54 Å². The Morgan fingerprint density at radius 3 is 2.64 bits per heavy atom. The van der Waals surface area contributed by atoms with Crippen molar-refractivity contribution < 1.29 is 14.7 Å². The van der Waals surface area contributed by atoms with Gasteiger partial charge in [-0.25, -0.2) is 4.79 Å². The van der Waals surface area contributed by atoms with E-state index in [0.717, 1.165) is 4.57 Å². The molecule has 0 unspecified atom stereocenters. The summed E-state index contributed by atoms with van der Waals surface area (Å²) in [6, 6.07) is 6.74. The average Bonchev–Trinajstić information content (AvgIpc) is 3.11. The van der Waals surface area contributed by atoms with Crippen LogP contribution < -0.4 is 11.2 Å². The molecule has 3 aromatic rings. The molecule has 0 fully saturated rings. The molecule has 0 aliphatic carbocycles. The maximum atomic E-state index is 12.4. The Kier molecular flexibility index (Phi) is 6.08. The van der Waals surface area contributed by atoms with Crippen molar-refractivity contribution in [3.8, 4) is 0 Å². The van der Waals surface area contributed by atoms with Crippen molar-refractivity contribution in [2.45, 2.75) is 32.5 Å². The van der Waals surface area contributed by atoms with E-state index >= 15 is 0 Å². The topological polar surface area (TPSA) is 123 Å². The number of aryl methyl sites for hydroxylation is 1. The molecular weight excluding hydrogens is 388 g/mol. The predicted molar refractivity (Wildman–Crippen MR) is 100 cm³/mol. The molecule has 2 N–H and O–H groups in total. The maximum absolute atomic E-state index is 12.4. The van der Waals surface area contributed by atoms with Crippen LogP contribution in [0.5, 0.6) is 0 Å². The van der Waals surface area contributed by atoms with Gasteiger partial charge in [0.25, 0.3) is 5.56 Å². The van der Waals surface area contributed by atoms with E-state index in [0.29, 0.717) is 16.1 Å². The Hall–Kier alpha value is -2.75. The number of hydrogen-bond acceptors (Lipinski definition) is 7. The highest BCUT2D eigenvalue weighted by Gasteiger charge is 2.16. The van der Waals surface area contributed by atoms with Crippen LogP contribution in [0.3, 0.4) is 0 Å². The summed E-state index contributed by atoms with van der Waals surface area (Å²) in [5.74, 6) is 0.312. The summed E-state index contributed by atoms with van der Waals surface area (Å²) < 4.78 is 7.34. The van der Waals surface area contributed by atoms with Crippen LogP contribution in [-0.2, 0) is 19.5 Å². The van der Waals surface area contributed by atoms with Gasteiger partial charge in [0, 0.05) is 23.2 Å². The molecule has 2 aromatic heterocycles. The summed E-state index contributed by atoms with van der Waals surface area (Å²) >= 11 is 5.83. The summed E-state index contributed by atoms with van der Waals surface area (Å²) in [4.78, 5) is 28.9. The van der Waals surface area contributed by atoms with Gasteiger partial charge in [-0.2, -0.15) is 4.98 Å². The van der Waals surface area contributed by atoms with Crippen LogP contribution in [0.25, 0.3) is 0 Å². The second-order valence-corrected chi connectivity index (χ2v) is 6.72. The zero-order valence-electron chi connectivity index (χ0n) is 15.1. The molecule has 0 spiro atoms. The first-order valence-corrected chi connectivity index (χ1v) is 8.93. The van der Waals surface area contributed by atoms with E-state index in [9.17, 15) is 14.7 Å². The molecule has 10 heteroatoms. The minimum absolute atomic E-state index is 0.0682. The molecule has 9 nitrogen and oxygen atoms in total. The molecule has 0 saturated carbocycles. The highest BCUT2D eigenvalue weighted by atomic mass is 35.5. The Morgan fingerprint density at radius 2 is 1.96 bits per heavy atom. The predicted octanol–water partition coefficient (Wildman–Crippen LogP) is 0.672. The summed E-state index contributed by atoms with van der Waals surface area (Å²) in [5, 5.41) is 23.7. The number of aliphatic hydroxyl groups excluding tert-OH is 2. The molecule has 2 heterocycles. The maximum Gasteiger partial charge on any atom is 0.331 e. The van der Waals surface area contributed by atoms with Gasteiger partial charge >= 0.3 is 5.69 Å². The molecule has 0 aliphatic heterocycles. The van der Waals surface area contributed by atoms with Crippen molar-refractivity contribution >= 4 is 11.6 Å². The van der Waals surface area contributed by atoms with E-state index in [1.54, 1.807) is 31.2 Å². The molecule has 0 bridgehead atoms. The zero-order valence-corrected chi connectivity index (χ0v) is 15.8. The van der Waals surface area contributed by atoms with Crippen LogP contribution >= 0.6 is 11.6 Å². The second-order valence-electron chi connectivity index (χ2n) is 6.28. The summed E-state index contributed by atoms with van der Waals surface area (Å²) in [6.07, 6.45) is 0.646. The lowest BCUT2D eigenvalue weighted by Gasteiger charge is -2.09. The van der Waals surface area contributed by atoms with Crippen LogP contribution in [0, 0.1) is 6.92 Å². The van der Waals surface area contributed by atoms with Crippen LogP contribution in [0.4, 0.5) is 0 Å². The van der Waals surface area contributed by atoms with Gasteiger partial charge in [-0.05, 0) is 24.6 Å². The second kappa shape index (κ2) is 8.51. The third-order valence-electron chi connectivity index (χ3n) is 4.18. The van der Waals surface area contributed by atoms with Crippen LogP contribution in [0.1, 0.15) is 28.9 Å². The Bertz CT molecular complexity index is 1070. The Balaban J connectivity index is 1.79. The summed E-state index contributed by atoms with van der Waals surface area (Å²) in [5.41, 5.74) is -0.0470. The van der Waals surface area contributed by atoms with Gasteiger partial charge in [-0.15, -0.1) is 0 Å². The van der Waals surface area contributed by atoms with E-state index in [4.69, 9.17) is 21.2 Å². The minimum atomic E-state index is -0.855. The molecule has 1 atom stereocenters. The molecule has 28 heavy (non-hydrogen) atoms. The largest absolute Gasteiger partial charge is 0.395 e. The summed E-state index contributed by atoms with van der Waals surface area (Å²) in [7, 11) is 0. The Morgan fingerprint density at radius 1 is 1.25 bits per heavy atom. The van der Waals surface area contributed by atoms with Crippen molar-refractivity contribution in [3.63, 3.8) is 0 Å². The van der Waals surface area contributed by atoms with Gasteiger partial charge in [0.15, 0.2) is 5.82 Å². The molecule has 0 saturated heterocycles. The van der Waals surface area contributed by atoms with Crippen molar-refractivity contribution in [3.05, 3.63) is 79.2 Å². The number of nitrogens with zero attached hydrogens (tertiary/aromatic N) is 4. The minimum Gasteiger partial charge on any atom is -0.395 e. The van der Waals surface area contributed by atoms with E-state index in [1.807, 2.05) is 0 Å². The van der Waals surface area contributed by atoms with E-state index in [-0.39, 0.29) is 37.8 Å². The molecule has 0 radical (unpaired) electrons. The number of aliphatic hydroxyl groups is 2. The molecular formula is C18H19ClN4O5. The lowest BCUT2D eigenvalue weighted by Crippen LogP contribution is -2.41. The van der Waals surface area contributed by atoms with E-state index in [2.05, 4.69) is 10.1 Å². The molecule has 3 rings (SSSR count). The standard InChI is InChI=1S/C18H19ClN4O5/c1-11-9-22(6-7-24)18(27)23(17(11)26)10-16-20-15(21-28-16)8-14(25)12-2-4-13(19)5-3-12/h2-5,9,14,24-25H,6-8,10H2,1H3/t14-/m0/s1. The van der Waals surface area contributed by atoms with E-state index < -0.39 is 17.4 Å². The molecule has 1 aromatic carbocycles. The lowest BCUT2D eigenvalue weighted by atomic mass is 10.1. The molecule has 0 amide bonds. The number of rotatable bonds is 7. The van der Waals surface area contributed by atoms with Crippen LogP contribution in [0.2, 0.25) is 5.02 Å². The van der Waals surface area contributed by atoms with Crippen LogP contribution in [0.15, 0.2) is 44.6 Å². The molecule has 0 aliphatic rings. The number of halogens is 1. The van der Waals surface area contributed by atoms with Crippen molar-refractivity contribution in [1.29, 1.82) is 0 Å². The highest BCUT2D eigenvalue weighted by Crippen LogP contribution is 2.19. The quantitative estimate of drug-likeness (QED) is 0.591. The fourth-order valence-corrected chi connectivity index (χ4v) is 2.88. The van der Waals surface area contributed by atoms with E-state index in [1.165, 1.54) is 10.8 Å². The third kappa shape index (κ3) is 4.38. The Labute approximate surface area is 164 Å². The van der Waals surface area contributed by atoms with Gasteiger partial charge in [-0.1, -0.05) is 28.9 Å². The SMILES string of the molecule is Cc1cn(CCO)c(=O)n(Cc2nc(C[C@H](O)c3ccc(Cl)cc3)no2)c1=O. The first-order valence-electron chi connectivity index (χ1n) is 8.55. The number of hydrogen-bond donors (Lipinski definition) is 2. The first kappa shape index (κ1) is 20.0. The lowest BCUT2D eigenvalue weighted by molar-refractivity contribution is 0.174. The van der Waals surface area contributed by atoms with Gasteiger partial charge in [0.05, 0.1) is 19.3 Å². The summed E-state index contributed by atoms with van der Waals surface area (Å²) in [6.45, 7) is 1.22. The zero-order chi connectivity index (χ0) is 20.3. The van der Waals surface area contributed by atoms with Crippen molar-refractivity contribution in [2.75, 3.05) is 6.61 Å². The highest BCUT2D eigenvalue weighted by molar-refractivity contribution is 6.30. The fraction of sp³-hybridized carbons (Fsp3) is 0.333. The smallest absolute Gasteiger partial charge is 0.331 e. The average molecular weight is 407 g/mol. The van der Waals surface area contributed by atoms with Gasteiger partial charge < -0.3 is 14.7 Å². The monoisotopic (exact) mass is 406 g/mol. The van der Waals surface area contributed by atoms with Gasteiger partial charge in [-0.3, -0.25) is 13.9 Å². The number of benzene rings is 1. The van der Waals surface area contributed by atoms with Crippen LogP contribution in [-0.4, -0.2) is 36.1 Å². The third-order valence-corrected chi connectivity index (χ3v) is 4.44. The number of aromatic nitrogens is 4. The fourth-order valence-electron chi connectivity index (χ4n) is 2.75. The first-order chi connectivity index (χ1) is 13.4. The normalized spacial score (nSPS) is 12.3. The van der Waals surface area contributed by atoms with Crippen molar-refractivity contribution in [1.82, 2.24) is 19.3 Å². The van der Waals surface area contributed by atoms with Gasteiger partial charge in [0.2, 0.25) is 5.89 Å². The van der Waals surface area contributed by atoms with Crippen molar-refractivity contribution in [2.24, 2.45) is 0 Å². The molecule has 148 valence electrons.